The molecular weight excluding hydrogens is 429 g/mol. The molecule has 4 rings (SSSR count). The summed E-state index contributed by atoms with van der Waals surface area (Å²) in [6, 6.07) is 10.2. The average molecular weight is 454 g/mol. The molecule has 6 nitrogen and oxygen atoms in total. The summed E-state index contributed by atoms with van der Waals surface area (Å²) < 4.78 is 26.4. The second-order valence-corrected chi connectivity index (χ2v) is 8.36. The minimum absolute atomic E-state index is 0.136. The molecule has 2 aromatic heterocycles. The molecule has 4 aromatic rings. The van der Waals surface area contributed by atoms with Crippen LogP contribution in [-0.2, 0) is 35.5 Å². The molecule has 0 atom stereocenters. The number of carbonyl (C=O) groups excluding carboxylic acids is 1. The van der Waals surface area contributed by atoms with Crippen molar-refractivity contribution in [3.05, 3.63) is 64.7 Å². The molecule has 32 heavy (non-hydrogen) atoms. The van der Waals surface area contributed by atoms with Gasteiger partial charge in [0.25, 0.3) is 0 Å². The molecule has 0 unspecified atom stereocenters. The van der Waals surface area contributed by atoms with Gasteiger partial charge in [0.2, 0.25) is 0 Å². The van der Waals surface area contributed by atoms with Gasteiger partial charge < -0.3 is 14.0 Å². The number of carbonyl (C=O) groups is 1. The number of hydrogen-bond acceptors (Lipinski definition) is 6. The van der Waals surface area contributed by atoms with Crippen molar-refractivity contribution in [2.24, 2.45) is 0 Å². The third kappa shape index (κ3) is 4.50. The fourth-order valence-electron chi connectivity index (χ4n) is 3.55. The number of ether oxygens (including phenoxy) is 2. The summed E-state index contributed by atoms with van der Waals surface area (Å²) in [6.45, 7) is 5.09. The zero-order chi connectivity index (χ0) is 22.7. The van der Waals surface area contributed by atoms with E-state index in [2.05, 4.69) is 21.5 Å². The van der Waals surface area contributed by atoms with Gasteiger partial charge in [-0.1, -0.05) is 13.0 Å². The van der Waals surface area contributed by atoms with E-state index in [1.54, 1.807) is 6.07 Å². The second-order valence-electron chi connectivity index (χ2n) is 7.28. The highest BCUT2D eigenvalue weighted by atomic mass is 32.1. The van der Waals surface area contributed by atoms with Gasteiger partial charge in [-0.15, -0.1) is 11.3 Å². The van der Waals surface area contributed by atoms with Gasteiger partial charge in [-0.3, -0.25) is 4.79 Å². The topological polar surface area (TPSA) is 66.2 Å². The van der Waals surface area contributed by atoms with E-state index in [9.17, 15) is 9.18 Å². The summed E-state index contributed by atoms with van der Waals surface area (Å²) in [7, 11) is 1.49. The minimum Gasteiger partial charge on any atom is -0.496 e. The van der Waals surface area contributed by atoms with Crippen molar-refractivity contribution in [2.45, 2.75) is 39.8 Å². The highest BCUT2D eigenvalue weighted by molar-refractivity contribution is 7.15. The van der Waals surface area contributed by atoms with E-state index < -0.39 is 0 Å². The van der Waals surface area contributed by atoms with Crippen LogP contribution >= 0.6 is 11.3 Å². The molecule has 0 aliphatic carbocycles. The molecule has 0 N–H and O–H groups in total. The van der Waals surface area contributed by atoms with E-state index in [0.29, 0.717) is 22.7 Å². The zero-order valence-corrected chi connectivity index (χ0v) is 19.0. The number of fused-ring (bicyclic) bond motifs is 1. The van der Waals surface area contributed by atoms with E-state index >= 15 is 0 Å². The molecule has 2 heterocycles. The highest BCUT2D eigenvalue weighted by Gasteiger charge is 2.18. The fraction of sp³-hybridized carbons (Fsp3) is 0.292. The Morgan fingerprint density at radius 1 is 1.19 bits per heavy atom. The van der Waals surface area contributed by atoms with Gasteiger partial charge in [0, 0.05) is 17.5 Å². The number of aromatic nitrogens is 3. The van der Waals surface area contributed by atoms with E-state index in [1.807, 2.05) is 31.5 Å². The Hall–Kier alpha value is -3.26. The lowest BCUT2D eigenvalue weighted by Crippen LogP contribution is -2.08. The van der Waals surface area contributed by atoms with Gasteiger partial charge in [0.15, 0.2) is 0 Å². The first kappa shape index (κ1) is 22.0. The van der Waals surface area contributed by atoms with Crippen molar-refractivity contribution in [2.75, 3.05) is 7.11 Å². The number of esters is 1. The number of aryl methyl sites for hydroxylation is 2. The first-order valence-corrected chi connectivity index (χ1v) is 11.3. The Morgan fingerprint density at radius 3 is 2.78 bits per heavy atom. The molecule has 0 radical (unpaired) electrons. The summed E-state index contributed by atoms with van der Waals surface area (Å²) in [6.07, 6.45) is 2.63. The molecule has 8 heteroatoms. The van der Waals surface area contributed by atoms with Crippen LogP contribution in [-0.4, -0.2) is 27.6 Å². The quantitative estimate of drug-likeness (QED) is 0.344. The van der Waals surface area contributed by atoms with Crippen LogP contribution in [0.3, 0.4) is 0 Å². The first-order chi connectivity index (χ1) is 15.5. The zero-order valence-electron chi connectivity index (χ0n) is 18.2. The summed E-state index contributed by atoms with van der Waals surface area (Å²) >= 11 is 1.40. The van der Waals surface area contributed by atoms with Crippen LogP contribution in [0.1, 0.15) is 30.0 Å². The minimum atomic E-state index is -0.374. The number of methoxy groups -OCH3 is 1. The van der Waals surface area contributed by atoms with E-state index in [0.717, 1.165) is 33.7 Å². The maximum absolute atomic E-state index is 13.5. The largest absolute Gasteiger partial charge is 0.496 e. The monoisotopic (exact) mass is 453 g/mol. The molecule has 0 aliphatic heterocycles. The van der Waals surface area contributed by atoms with Gasteiger partial charge in [-0.05, 0) is 43.2 Å². The maximum Gasteiger partial charge on any atom is 0.311 e. The van der Waals surface area contributed by atoms with Gasteiger partial charge >= 0.3 is 5.97 Å². The average Bonchev–Trinajstić information content (AvgIpc) is 3.40. The number of imidazole rings is 1. The van der Waals surface area contributed by atoms with Crippen LogP contribution < -0.4 is 4.74 Å². The lowest BCUT2D eigenvalue weighted by atomic mass is 10.2. The Bertz CT molecular complexity index is 1260. The Morgan fingerprint density at radius 2 is 2.03 bits per heavy atom. The number of benzene rings is 2. The molecule has 0 saturated heterocycles. The summed E-state index contributed by atoms with van der Waals surface area (Å²) in [5.41, 5.74) is 4.37. The Balaban J connectivity index is 1.46. The number of thiazole rings is 1. The number of nitrogens with zero attached hydrogens (tertiary/aromatic N) is 3. The summed E-state index contributed by atoms with van der Waals surface area (Å²) in [5, 5.41) is 0.693. The van der Waals surface area contributed by atoms with E-state index in [4.69, 9.17) is 9.47 Å². The molecule has 2 aromatic carbocycles. The Labute approximate surface area is 189 Å². The van der Waals surface area contributed by atoms with Crippen molar-refractivity contribution in [3.63, 3.8) is 0 Å². The van der Waals surface area contributed by atoms with E-state index in [1.165, 1.54) is 30.6 Å². The van der Waals surface area contributed by atoms with Gasteiger partial charge in [0.1, 0.15) is 23.2 Å². The predicted octanol–water partition coefficient (Wildman–Crippen LogP) is 5.18. The fourth-order valence-corrected chi connectivity index (χ4v) is 4.72. The van der Waals surface area contributed by atoms with Crippen molar-refractivity contribution in [1.82, 2.24) is 14.5 Å². The summed E-state index contributed by atoms with van der Waals surface area (Å²) in [5.74, 6) is -0.280. The molecule has 166 valence electrons. The van der Waals surface area contributed by atoms with Crippen molar-refractivity contribution in [1.29, 1.82) is 0 Å². The van der Waals surface area contributed by atoms with Crippen LogP contribution in [0.25, 0.3) is 21.6 Å². The van der Waals surface area contributed by atoms with Crippen LogP contribution in [0.2, 0.25) is 0 Å². The maximum atomic E-state index is 13.5. The molecule has 0 bridgehead atoms. The standard InChI is InChI=1S/C24H24FN3O3S/c1-4-18-22(32-24(27-18)17-8-7-16(25)11-21(17)30-3)12-23(29)31-13-15-6-9-20-19(10-15)26-14-28(20)5-2/h6-11,14H,4-5,12-13H2,1-3H3. The van der Waals surface area contributed by atoms with Crippen molar-refractivity contribution >= 4 is 28.3 Å². The van der Waals surface area contributed by atoms with Crippen LogP contribution in [0, 0.1) is 5.82 Å². The lowest BCUT2D eigenvalue weighted by Gasteiger charge is -2.06. The third-order valence-corrected chi connectivity index (χ3v) is 6.37. The molecule has 0 fully saturated rings. The molecule has 0 saturated carbocycles. The third-order valence-electron chi connectivity index (χ3n) is 5.24. The first-order valence-electron chi connectivity index (χ1n) is 10.4. The van der Waals surface area contributed by atoms with Gasteiger partial charge in [0.05, 0.1) is 42.1 Å². The van der Waals surface area contributed by atoms with Crippen molar-refractivity contribution in [3.8, 4) is 16.3 Å². The molecule has 0 aliphatic rings. The van der Waals surface area contributed by atoms with Gasteiger partial charge in [-0.25, -0.2) is 14.4 Å². The SMILES string of the molecule is CCc1nc(-c2ccc(F)cc2OC)sc1CC(=O)OCc1ccc2c(c1)ncn2CC. The van der Waals surface area contributed by atoms with E-state index in [-0.39, 0.29) is 24.8 Å². The second kappa shape index (κ2) is 9.48. The summed E-state index contributed by atoms with van der Waals surface area (Å²) in [4.78, 5) is 22.4. The van der Waals surface area contributed by atoms with Crippen molar-refractivity contribution < 1.29 is 18.7 Å². The molecule has 0 spiro atoms. The van der Waals surface area contributed by atoms with Crippen LogP contribution in [0.4, 0.5) is 4.39 Å². The number of rotatable bonds is 8. The molecular formula is C24H24FN3O3S. The predicted molar refractivity (Wildman–Crippen MR) is 122 cm³/mol. The number of hydrogen-bond donors (Lipinski definition) is 0. The van der Waals surface area contributed by atoms with Crippen LogP contribution in [0.5, 0.6) is 5.75 Å². The number of halogens is 1. The molecule has 0 amide bonds. The highest BCUT2D eigenvalue weighted by Crippen LogP contribution is 2.35. The normalized spacial score (nSPS) is 11.1. The smallest absolute Gasteiger partial charge is 0.311 e. The van der Waals surface area contributed by atoms with Crippen LogP contribution in [0.15, 0.2) is 42.7 Å². The van der Waals surface area contributed by atoms with Gasteiger partial charge in [-0.2, -0.15) is 0 Å². The lowest BCUT2D eigenvalue weighted by molar-refractivity contribution is -0.144. The Kier molecular flexibility index (Phi) is 6.50.